The number of benzene rings is 1. The normalized spacial score (nSPS) is 13.6. The third-order valence-electron chi connectivity index (χ3n) is 2.50. The Morgan fingerprint density at radius 1 is 1.22 bits per heavy atom. The van der Waals surface area contributed by atoms with Crippen LogP contribution in [0.3, 0.4) is 0 Å². The molecule has 0 aliphatic carbocycles. The van der Waals surface area contributed by atoms with Crippen molar-refractivity contribution in [1.29, 1.82) is 0 Å². The van der Waals surface area contributed by atoms with Crippen molar-refractivity contribution >= 4 is 16.5 Å². The molecule has 0 radical (unpaired) electrons. The fourth-order valence-corrected chi connectivity index (χ4v) is 2.80. The predicted molar refractivity (Wildman–Crippen MR) is 70.7 cm³/mol. The molecule has 5 heteroatoms. The molecule has 1 aromatic carbocycles. The molecule has 0 amide bonds. The summed E-state index contributed by atoms with van der Waals surface area (Å²) in [5.41, 5.74) is 5.43. The minimum absolute atomic E-state index is 0.000409. The lowest BCUT2D eigenvalue weighted by atomic mass is 9.91. The van der Waals surface area contributed by atoms with Gasteiger partial charge in [-0.25, -0.2) is 8.78 Å². The van der Waals surface area contributed by atoms with E-state index in [0.717, 1.165) is 18.6 Å². The highest BCUT2D eigenvalue weighted by atomic mass is 32.2. The molecule has 0 fully saturated rings. The summed E-state index contributed by atoms with van der Waals surface area (Å²) in [6, 6.07) is 2.00. The Morgan fingerprint density at radius 3 is 2.17 bits per heavy atom. The average molecular weight is 275 g/mol. The van der Waals surface area contributed by atoms with Crippen LogP contribution in [0.5, 0.6) is 0 Å². The van der Waals surface area contributed by atoms with Crippen LogP contribution in [0.4, 0.5) is 14.5 Å². The molecule has 0 aliphatic rings. The molecule has 2 N–H and O–H groups in total. The number of rotatable bonds is 4. The summed E-state index contributed by atoms with van der Waals surface area (Å²) < 4.78 is 38.9. The van der Waals surface area contributed by atoms with Crippen LogP contribution in [0.2, 0.25) is 0 Å². The van der Waals surface area contributed by atoms with Gasteiger partial charge < -0.3 is 5.73 Å². The first kappa shape index (κ1) is 15.1. The Labute approximate surface area is 109 Å². The van der Waals surface area contributed by atoms with Crippen molar-refractivity contribution in [2.24, 2.45) is 5.41 Å². The Hall–Kier alpha value is -0.970. The number of anilines is 1. The first-order valence-electron chi connectivity index (χ1n) is 5.83. The van der Waals surface area contributed by atoms with Gasteiger partial charge in [-0.1, -0.05) is 20.8 Å². The van der Waals surface area contributed by atoms with E-state index in [1.54, 1.807) is 0 Å². The summed E-state index contributed by atoms with van der Waals surface area (Å²) in [5, 5.41) is 0. The van der Waals surface area contributed by atoms with Crippen molar-refractivity contribution in [2.75, 3.05) is 11.5 Å². The Bertz CT molecular complexity index is 432. The minimum atomic E-state index is -1.66. The van der Waals surface area contributed by atoms with Crippen LogP contribution < -0.4 is 5.73 Å². The number of hydrogen-bond donors (Lipinski definition) is 1. The van der Waals surface area contributed by atoms with E-state index in [-0.39, 0.29) is 21.8 Å². The van der Waals surface area contributed by atoms with Crippen molar-refractivity contribution in [3.05, 3.63) is 23.8 Å². The third kappa shape index (κ3) is 4.37. The van der Waals surface area contributed by atoms with Crippen LogP contribution in [0.15, 0.2) is 17.0 Å². The van der Waals surface area contributed by atoms with Gasteiger partial charge in [0.15, 0.2) is 0 Å². The third-order valence-corrected chi connectivity index (χ3v) is 4.01. The number of hydrogen-bond acceptors (Lipinski definition) is 2. The van der Waals surface area contributed by atoms with Crippen molar-refractivity contribution in [3.63, 3.8) is 0 Å². The number of nitrogen functional groups attached to an aromatic ring is 1. The second-order valence-corrected chi connectivity index (χ2v) is 7.04. The van der Waals surface area contributed by atoms with Gasteiger partial charge in [-0.3, -0.25) is 4.21 Å². The van der Waals surface area contributed by atoms with Crippen LogP contribution >= 0.6 is 0 Å². The van der Waals surface area contributed by atoms with Crippen molar-refractivity contribution < 1.29 is 13.0 Å². The zero-order valence-corrected chi connectivity index (χ0v) is 11.7. The maximum absolute atomic E-state index is 13.5. The van der Waals surface area contributed by atoms with E-state index in [1.165, 1.54) is 0 Å². The summed E-state index contributed by atoms with van der Waals surface area (Å²) in [6.45, 7) is 6.21. The first-order valence-corrected chi connectivity index (χ1v) is 7.15. The summed E-state index contributed by atoms with van der Waals surface area (Å²) in [5.74, 6) is -1.40. The topological polar surface area (TPSA) is 43.1 Å². The number of nitrogens with two attached hydrogens (primary N) is 1. The van der Waals surface area contributed by atoms with Gasteiger partial charge in [0, 0.05) is 11.4 Å². The second kappa shape index (κ2) is 5.78. The molecular weight excluding hydrogens is 256 g/mol. The Morgan fingerprint density at radius 2 is 1.72 bits per heavy atom. The van der Waals surface area contributed by atoms with Crippen LogP contribution in [0.1, 0.15) is 33.6 Å². The molecule has 0 heterocycles. The molecule has 0 aliphatic heterocycles. The average Bonchev–Trinajstić information content (AvgIpc) is 2.13. The fraction of sp³-hybridized carbons (Fsp3) is 0.538. The van der Waals surface area contributed by atoms with Crippen LogP contribution in [0.25, 0.3) is 0 Å². The maximum Gasteiger partial charge on any atom is 0.144 e. The summed E-state index contributed by atoms with van der Waals surface area (Å²) >= 11 is 0. The zero-order chi connectivity index (χ0) is 13.9. The van der Waals surface area contributed by atoms with Gasteiger partial charge in [0.2, 0.25) is 0 Å². The minimum Gasteiger partial charge on any atom is -0.399 e. The summed E-state index contributed by atoms with van der Waals surface area (Å²) in [7, 11) is -1.66. The lowest BCUT2D eigenvalue weighted by Gasteiger charge is -2.17. The molecule has 0 saturated heterocycles. The molecule has 0 aromatic heterocycles. The van der Waals surface area contributed by atoms with Gasteiger partial charge in [-0.2, -0.15) is 0 Å². The molecule has 0 spiro atoms. The monoisotopic (exact) mass is 275 g/mol. The maximum atomic E-state index is 13.5. The Kier molecular flexibility index (Phi) is 4.85. The largest absolute Gasteiger partial charge is 0.399 e. The lowest BCUT2D eigenvalue weighted by molar-refractivity contribution is 0.374. The standard InChI is InChI=1S/C13H19F2NOS/c1-13(2,3)5-4-6-18(17)12-10(14)7-9(16)8-11(12)15/h7-8H,4-6,16H2,1-3H3. The van der Waals surface area contributed by atoms with Crippen molar-refractivity contribution in [2.45, 2.75) is 38.5 Å². The highest BCUT2D eigenvalue weighted by Crippen LogP contribution is 2.24. The van der Waals surface area contributed by atoms with E-state index >= 15 is 0 Å². The summed E-state index contributed by atoms with van der Waals surface area (Å²) in [4.78, 5) is -0.363. The fourth-order valence-electron chi connectivity index (χ4n) is 1.63. The molecule has 102 valence electrons. The highest BCUT2D eigenvalue weighted by Gasteiger charge is 2.18. The van der Waals surface area contributed by atoms with E-state index in [2.05, 4.69) is 20.8 Å². The van der Waals surface area contributed by atoms with Gasteiger partial charge >= 0.3 is 0 Å². The zero-order valence-electron chi connectivity index (χ0n) is 10.9. The molecule has 1 unspecified atom stereocenters. The number of halogens is 2. The second-order valence-electron chi connectivity index (χ2n) is 5.53. The molecular formula is C13H19F2NOS. The predicted octanol–water partition coefficient (Wildman–Crippen LogP) is 3.48. The molecule has 1 rings (SSSR count). The summed E-state index contributed by atoms with van der Waals surface area (Å²) in [6.07, 6.45) is 1.52. The first-order chi connectivity index (χ1) is 8.20. The highest BCUT2D eigenvalue weighted by molar-refractivity contribution is 7.85. The van der Waals surface area contributed by atoms with Gasteiger partial charge in [0.25, 0.3) is 0 Å². The van der Waals surface area contributed by atoms with E-state index in [9.17, 15) is 13.0 Å². The van der Waals surface area contributed by atoms with Crippen molar-refractivity contribution in [3.8, 4) is 0 Å². The van der Waals surface area contributed by atoms with E-state index in [4.69, 9.17) is 5.73 Å². The smallest absolute Gasteiger partial charge is 0.144 e. The van der Waals surface area contributed by atoms with E-state index < -0.39 is 22.4 Å². The molecule has 0 saturated carbocycles. The quantitative estimate of drug-likeness (QED) is 0.855. The van der Waals surface area contributed by atoms with Gasteiger partial charge in [0.05, 0.1) is 10.8 Å². The van der Waals surface area contributed by atoms with E-state index in [0.29, 0.717) is 6.42 Å². The molecule has 1 aromatic rings. The van der Waals surface area contributed by atoms with E-state index in [1.807, 2.05) is 0 Å². The molecule has 1 atom stereocenters. The van der Waals surface area contributed by atoms with Gasteiger partial charge in [-0.05, 0) is 30.4 Å². The molecule has 0 bridgehead atoms. The van der Waals surface area contributed by atoms with Gasteiger partial charge in [-0.15, -0.1) is 0 Å². The van der Waals surface area contributed by atoms with Gasteiger partial charge in [0.1, 0.15) is 16.5 Å². The molecule has 18 heavy (non-hydrogen) atoms. The van der Waals surface area contributed by atoms with Crippen LogP contribution in [0, 0.1) is 17.0 Å². The van der Waals surface area contributed by atoms with Crippen LogP contribution in [-0.4, -0.2) is 9.96 Å². The Balaban J connectivity index is 2.74. The lowest BCUT2D eigenvalue weighted by Crippen LogP contribution is -2.09. The molecule has 2 nitrogen and oxygen atoms in total. The van der Waals surface area contributed by atoms with Crippen molar-refractivity contribution in [1.82, 2.24) is 0 Å². The SMILES string of the molecule is CC(C)(C)CCCS(=O)c1c(F)cc(N)cc1F. The van der Waals surface area contributed by atoms with Crippen LogP contribution in [-0.2, 0) is 10.8 Å².